The van der Waals surface area contributed by atoms with E-state index in [0.717, 1.165) is 21.7 Å². The second kappa shape index (κ2) is 3.38. The maximum absolute atomic E-state index is 11.2. The fourth-order valence-corrected chi connectivity index (χ4v) is 1.93. The monoisotopic (exact) mass is 210 g/mol. The minimum absolute atomic E-state index is 0.122. The molecule has 2 aliphatic rings. The van der Waals surface area contributed by atoms with Crippen molar-refractivity contribution < 1.29 is 4.79 Å². The lowest BCUT2D eigenvalue weighted by Gasteiger charge is -2.17. The van der Waals surface area contributed by atoms with E-state index in [4.69, 9.17) is 0 Å². The zero-order chi connectivity index (χ0) is 11.0. The van der Waals surface area contributed by atoms with Gasteiger partial charge >= 0.3 is 0 Å². The highest BCUT2D eigenvalue weighted by Gasteiger charge is 2.13. The summed E-state index contributed by atoms with van der Waals surface area (Å²) in [6.07, 6.45) is 7.52. The van der Waals surface area contributed by atoms with E-state index < -0.39 is 0 Å². The summed E-state index contributed by atoms with van der Waals surface area (Å²) in [6.45, 7) is 0. The number of carbonyl (C=O) groups is 1. The first-order valence-electron chi connectivity index (χ1n) is 5.10. The van der Waals surface area contributed by atoms with Gasteiger partial charge in [-0.05, 0) is 5.22 Å². The molecule has 1 heterocycles. The van der Waals surface area contributed by atoms with Crippen LogP contribution in [0.3, 0.4) is 0 Å². The van der Waals surface area contributed by atoms with Gasteiger partial charge in [0, 0.05) is 16.9 Å². The highest BCUT2D eigenvalue weighted by molar-refractivity contribution is 5.95. The molecular formula is C13H10N2O. The lowest BCUT2D eigenvalue weighted by molar-refractivity contribution is -0.117. The smallest absolute Gasteiger partial charge is 0.262 e. The van der Waals surface area contributed by atoms with Gasteiger partial charge < -0.3 is 0 Å². The average Bonchev–Trinajstić information content (AvgIpc) is 2.47. The van der Waals surface area contributed by atoms with Gasteiger partial charge in [-0.1, -0.05) is 42.5 Å². The highest BCUT2D eigenvalue weighted by Crippen LogP contribution is 2.11. The molecule has 1 aliphatic carbocycles. The van der Waals surface area contributed by atoms with Crippen LogP contribution in [0, 0.1) is 0 Å². The third-order valence-corrected chi connectivity index (χ3v) is 2.67. The molecule has 0 saturated carbocycles. The Hall–Kier alpha value is -2.29. The lowest BCUT2D eigenvalue weighted by Crippen LogP contribution is -2.43. The molecule has 0 fully saturated rings. The Kier molecular flexibility index (Phi) is 1.90. The van der Waals surface area contributed by atoms with Gasteiger partial charge in [-0.2, -0.15) is 0 Å². The lowest BCUT2D eigenvalue weighted by atomic mass is 10.1. The van der Waals surface area contributed by atoms with Crippen molar-refractivity contribution in [3.63, 3.8) is 0 Å². The number of fused-ring (bicyclic) bond motifs is 2. The summed E-state index contributed by atoms with van der Waals surface area (Å²) in [5, 5.41) is 2.24. The fraction of sp³-hybridized carbons (Fsp3) is 0. The van der Waals surface area contributed by atoms with E-state index >= 15 is 0 Å². The molecule has 0 aromatic heterocycles. The third-order valence-electron chi connectivity index (χ3n) is 2.67. The van der Waals surface area contributed by atoms with Crippen LogP contribution in [0.1, 0.15) is 0 Å². The number of hydrazine groups is 1. The van der Waals surface area contributed by atoms with E-state index in [0.29, 0.717) is 0 Å². The van der Waals surface area contributed by atoms with Crippen molar-refractivity contribution >= 4 is 17.7 Å². The van der Waals surface area contributed by atoms with Gasteiger partial charge in [0.2, 0.25) is 0 Å². The first-order chi connectivity index (χ1) is 7.84. The number of nitrogens with one attached hydrogen (secondary N) is 2. The molecule has 2 N–H and O–H groups in total. The molecule has 0 radical (unpaired) electrons. The first-order valence-corrected chi connectivity index (χ1v) is 5.10. The number of allylic oxidation sites excluding steroid dienone is 1. The first kappa shape index (κ1) is 8.97. The summed E-state index contributed by atoms with van der Waals surface area (Å²) in [4.78, 5) is 11.2. The van der Waals surface area contributed by atoms with Crippen molar-refractivity contribution in [2.24, 2.45) is 0 Å². The molecule has 0 saturated heterocycles. The minimum atomic E-state index is -0.122. The highest BCUT2D eigenvalue weighted by atomic mass is 16.2. The predicted octanol–water partition coefficient (Wildman–Crippen LogP) is -0.294. The van der Waals surface area contributed by atoms with Crippen LogP contribution in [-0.2, 0) is 4.79 Å². The van der Waals surface area contributed by atoms with Gasteiger partial charge in [-0.15, -0.1) is 0 Å². The van der Waals surface area contributed by atoms with Crippen LogP contribution in [0.5, 0.6) is 0 Å². The molecule has 3 heteroatoms. The fourth-order valence-electron chi connectivity index (χ4n) is 1.93. The summed E-state index contributed by atoms with van der Waals surface area (Å²) in [6, 6.07) is 8.07. The van der Waals surface area contributed by atoms with Crippen LogP contribution in [0.15, 0.2) is 48.1 Å². The molecule has 1 aliphatic heterocycles. The van der Waals surface area contributed by atoms with Gasteiger partial charge in [-0.3, -0.25) is 15.6 Å². The van der Waals surface area contributed by atoms with Crippen molar-refractivity contribution in [1.29, 1.82) is 0 Å². The van der Waals surface area contributed by atoms with Gasteiger partial charge in [0.05, 0.1) is 5.70 Å². The van der Waals surface area contributed by atoms with Crippen LogP contribution >= 0.6 is 0 Å². The predicted molar refractivity (Wildman–Crippen MR) is 62.1 cm³/mol. The standard InChI is InChI=1S/C13H10N2O/c16-12-8-10-6-3-5-9-4-1-2-7-11(9)13(10)15-14-12/h1-8,15H,(H,14,16). The second-order valence-corrected chi connectivity index (χ2v) is 3.70. The summed E-state index contributed by atoms with van der Waals surface area (Å²) < 4.78 is 0. The molecule has 0 bridgehead atoms. The number of hydrogen-bond acceptors (Lipinski definition) is 2. The van der Waals surface area contributed by atoms with E-state index in [1.54, 1.807) is 6.08 Å². The van der Waals surface area contributed by atoms with E-state index in [1.807, 2.05) is 42.5 Å². The number of hydrogen-bond donors (Lipinski definition) is 2. The van der Waals surface area contributed by atoms with Gasteiger partial charge in [0.25, 0.3) is 5.91 Å². The Morgan fingerprint density at radius 1 is 1.06 bits per heavy atom. The van der Waals surface area contributed by atoms with Crippen LogP contribution in [-0.4, -0.2) is 5.91 Å². The number of benzene rings is 1. The molecule has 0 spiro atoms. The third kappa shape index (κ3) is 1.34. The number of rotatable bonds is 0. The zero-order valence-electron chi connectivity index (χ0n) is 8.53. The SMILES string of the molecule is O=C1C=C2C=CC=c3ccccc3=C2NN1. The van der Waals surface area contributed by atoms with Crippen LogP contribution in [0.25, 0.3) is 11.8 Å². The topological polar surface area (TPSA) is 41.1 Å². The second-order valence-electron chi connectivity index (χ2n) is 3.70. The van der Waals surface area contributed by atoms with E-state index in [9.17, 15) is 4.79 Å². The summed E-state index contributed by atoms with van der Waals surface area (Å²) in [5.41, 5.74) is 7.40. The van der Waals surface area contributed by atoms with Crippen LogP contribution in [0.2, 0.25) is 0 Å². The average molecular weight is 210 g/mol. The molecule has 0 unspecified atom stereocenters. The van der Waals surface area contributed by atoms with Crippen molar-refractivity contribution in [3.8, 4) is 0 Å². The Morgan fingerprint density at radius 3 is 2.88 bits per heavy atom. The van der Waals surface area contributed by atoms with E-state index in [1.165, 1.54) is 0 Å². The van der Waals surface area contributed by atoms with E-state index in [2.05, 4.69) is 10.9 Å². The van der Waals surface area contributed by atoms with E-state index in [-0.39, 0.29) is 5.91 Å². The number of carbonyl (C=O) groups excluding carboxylic acids is 1. The van der Waals surface area contributed by atoms with Gasteiger partial charge in [0.15, 0.2) is 0 Å². The summed E-state index contributed by atoms with van der Waals surface area (Å²) in [5.74, 6) is -0.122. The summed E-state index contributed by atoms with van der Waals surface area (Å²) >= 11 is 0. The number of amides is 1. The molecule has 16 heavy (non-hydrogen) atoms. The molecular weight excluding hydrogens is 200 g/mol. The molecule has 1 amide bonds. The molecule has 1 aromatic carbocycles. The maximum atomic E-state index is 11.2. The normalized spacial score (nSPS) is 17.1. The Bertz CT molecular complexity index is 638. The van der Waals surface area contributed by atoms with Gasteiger partial charge in [-0.25, -0.2) is 0 Å². The van der Waals surface area contributed by atoms with Crippen molar-refractivity contribution in [2.75, 3.05) is 0 Å². The molecule has 0 atom stereocenters. The minimum Gasteiger partial charge on any atom is -0.297 e. The Labute approximate surface area is 92.4 Å². The molecule has 3 rings (SSSR count). The van der Waals surface area contributed by atoms with Crippen molar-refractivity contribution in [3.05, 3.63) is 58.5 Å². The van der Waals surface area contributed by atoms with Crippen LogP contribution in [0.4, 0.5) is 0 Å². The molecule has 78 valence electrons. The summed E-state index contributed by atoms with van der Waals surface area (Å²) in [7, 11) is 0. The van der Waals surface area contributed by atoms with Crippen LogP contribution < -0.4 is 21.3 Å². The Morgan fingerprint density at radius 2 is 1.94 bits per heavy atom. The maximum Gasteiger partial charge on any atom is 0.262 e. The van der Waals surface area contributed by atoms with Crippen molar-refractivity contribution in [1.82, 2.24) is 10.9 Å². The quantitative estimate of drug-likeness (QED) is 0.617. The molecule has 1 aromatic rings. The Balaban J connectivity index is 2.41. The zero-order valence-corrected chi connectivity index (χ0v) is 8.53. The van der Waals surface area contributed by atoms with Gasteiger partial charge in [0.1, 0.15) is 0 Å². The largest absolute Gasteiger partial charge is 0.297 e. The molecule has 3 nitrogen and oxygen atoms in total. The van der Waals surface area contributed by atoms with Crippen molar-refractivity contribution in [2.45, 2.75) is 0 Å².